The molecule has 1 aromatic heterocycles. The number of amidine groups is 1. The minimum atomic E-state index is -0.145. The number of hydrogen-bond acceptors (Lipinski definition) is 7. The van der Waals surface area contributed by atoms with Gasteiger partial charge in [-0.2, -0.15) is 5.26 Å². The third kappa shape index (κ3) is 5.34. The van der Waals surface area contributed by atoms with E-state index < -0.39 is 0 Å². The Morgan fingerprint density at radius 3 is 2.42 bits per heavy atom. The number of aliphatic imine (C=N–C) groups is 1. The second-order valence-corrected chi connectivity index (χ2v) is 9.89. The van der Waals surface area contributed by atoms with Crippen molar-refractivity contribution in [2.24, 2.45) is 9.98 Å². The molecule has 0 bridgehead atoms. The molecule has 0 unspecified atom stereocenters. The lowest BCUT2D eigenvalue weighted by molar-refractivity contribution is 0.354. The number of methoxy groups -OCH3 is 2. The van der Waals surface area contributed by atoms with Crippen LogP contribution in [0.15, 0.2) is 45.1 Å². The Morgan fingerprint density at radius 2 is 1.79 bits per heavy atom. The second kappa shape index (κ2) is 11.6. The lowest BCUT2D eigenvalue weighted by atomic mass is 9.97. The third-order valence-electron chi connectivity index (χ3n) is 6.60. The number of thioether (sulfide) groups is 1. The Labute approximate surface area is 226 Å². The lowest BCUT2D eigenvalue weighted by Crippen LogP contribution is -2.44. The molecule has 1 aliphatic heterocycles. The molecule has 2 aromatic carbocycles. The van der Waals surface area contributed by atoms with Crippen molar-refractivity contribution in [3.05, 3.63) is 68.6 Å². The first-order valence-electron chi connectivity index (χ1n) is 12.3. The van der Waals surface area contributed by atoms with Gasteiger partial charge in [0.2, 0.25) is 6.19 Å². The van der Waals surface area contributed by atoms with Crippen LogP contribution in [0.5, 0.6) is 11.5 Å². The van der Waals surface area contributed by atoms with E-state index in [0.29, 0.717) is 48.2 Å². The molecule has 0 saturated heterocycles. The van der Waals surface area contributed by atoms with Crippen LogP contribution < -0.4 is 26.0 Å². The van der Waals surface area contributed by atoms with E-state index in [1.54, 1.807) is 29.5 Å². The van der Waals surface area contributed by atoms with Crippen molar-refractivity contribution in [1.29, 1.82) is 5.26 Å². The highest BCUT2D eigenvalue weighted by Gasteiger charge is 2.22. The van der Waals surface area contributed by atoms with Gasteiger partial charge in [0, 0.05) is 31.3 Å². The number of nitriles is 1. The first-order valence-corrected chi connectivity index (χ1v) is 13.5. The molecule has 0 spiro atoms. The molecule has 0 atom stereocenters. The maximum Gasteiger partial charge on any atom is 0.330 e. The van der Waals surface area contributed by atoms with Crippen molar-refractivity contribution in [2.75, 3.05) is 27.0 Å². The van der Waals surface area contributed by atoms with Gasteiger partial charge in [-0.1, -0.05) is 29.5 Å². The zero-order chi connectivity index (χ0) is 27.4. The third-order valence-corrected chi connectivity index (χ3v) is 7.23. The topological polar surface area (TPSA) is 106 Å². The van der Waals surface area contributed by atoms with Gasteiger partial charge in [0.05, 0.1) is 25.6 Å². The van der Waals surface area contributed by atoms with E-state index in [-0.39, 0.29) is 5.69 Å². The van der Waals surface area contributed by atoms with Gasteiger partial charge in [0.15, 0.2) is 16.7 Å². The lowest BCUT2D eigenvalue weighted by Gasteiger charge is -2.24. The number of benzene rings is 2. The molecule has 3 aromatic rings. The van der Waals surface area contributed by atoms with Crippen LogP contribution in [0.25, 0.3) is 11.3 Å². The van der Waals surface area contributed by atoms with Crippen LogP contribution in [0.4, 0.5) is 5.69 Å². The highest BCUT2D eigenvalue weighted by Crippen LogP contribution is 2.37. The summed E-state index contributed by atoms with van der Waals surface area (Å²) < 4.78 is 14.5. The van der Waals surface area contributed by atoms with Crippen LogP contribution in [0.3, 0.4) is 0 Å². The average Bonchev–Trinajstić information content (AvgIpc) is 2.90. The summed E-state index contributed by atoms with van der Waals surface area (Å²) >= 11 is 1.35. The Morgan fingerprint density at radius 1 is 1.11 bits per heavy atom. The molecule has 198 valence electrons. The first kappa shape index (κ1) is 27.1. The van der Waals surface area contributed by atoms with Crippen molar-refractivity contribution in [2.45, 2.75) is 40.3 Å². The van der Waals surface area contributed by atoms with E-state index >= 15 is 0 Å². The van der Waals surface area contributed by atoms with Crippen LogP contribution >= 0.6 is 11.8 Å². The molecular formula is C28H32N6O3S. The average molecular weight is 533 g/mol. The van der Waals surface area contributed by atoms with E-state index in [2.05, 4.69) is 29.4 Å². The summed E-state index contributed by atoms with van der Waals surface area (Å²) in [5.41, 5.74) is 7.32. The summed E-state index contributed by atoms with van der Waals surface area (Å²) in [5.74, 6) is 1.27. The fourth-order valence-corrected chi connectivity index (χ4v) is 5.28. The van der Waals surface area contributed by atoms with Gasteiger partial charge < -0.3 is 14.8 Å². The molecule has 38 heavy (non-hydrogen) atoms. The monoisotopic (exact) mass is 532 g/mol. The Kier molecular flexibility index (Phi) is 8.27. The van der Waals surface area contributed by atoms with Crippen molar-refractivity contribution >= 4 is 22.6 Å². The van der Waals surface area contributed by atoms with Crippen LogP contribution in [-0.2, 0) is 19.5 Å². The second-order valence-electron chi connectivity index (χ2n) is 9.09. The van der Waals surface area contributed by atoms with Gasteiger partial charge in [0.1, 0.15) is 5.49 Å². The van der Waals surface area contributed by atoms with E-state index in [0.717, 1.165) is 39.2 Å². The molecule has 0 fully saturated rings. The van der Waals surface area contributed by atoms with Gasteiger partial charge in [0.25, 0.3) is 0 Å². The van der Waals surface area contributed by atoms with E-state index in [1.165, 1.54) is 11.8 Å². The Hall–Kier alpha value is -3.97. The van der Waals surface area contributed by atoms with Crippen LogP contribution in [0.2, 0.25) is 0 Å². The maximum absolute atomic E-state index is 13.9. The highest BCUT2D eigenvalue weighted by atomic mass is 32.2. The summed E-state index contributed by atoms with van der Waals surface area (Å²) in [6, 6.07) is 10.1. The molecule has 10 heteroatoms. The number of nitrogens with zero attached hydrogens (tertiary/aromatic N) is 5. The van der Waals surface area contributed by atoms with Gasteiger partial charge in [-0.25, -0.2) is 9.79 Å². The zero-order valence-corrected chi connectivity index (χ0v) is 23.4. The van der Waals surface area contributed by atoms with Crippen molar-refractivity contribution in [3.63, 3.8) is 0 Å². The molecule has 0 amide bonds. The number of hydrogen-bond donors (Lipinski definition) is 1. The van der Waals surface area contributed by atoms with Gasteiger partial charge in [-0.3, -0.25) is 9.13 Å². The number of nitrogens with one attached hydrogen (secondary N) is 1. The van der Waals surface area contributed by atoms with E-state index in [1.807, 2.05) is 38.3 Å². The number of aromatic nitrogens is 2. The molecular weight excluding hydrogens is 500 g/mol. The number of ether oxygens (including phenoxy) is 2. The smallest absolute Gasteiger partial charge is 0.330 e. The predicted molar refractivity (Wildman–Crippen MR) is 151 cm³/mol. The maximum atomic E-state index is 13.9. The molecule has 0 radical (unpaired) electrons. The molecule has 0 aliphatic carbocycles. The SMILES string of the molecule is COc1cc2c(cc1OC)-c1c/c(=N\c3c(C)cc(C)cc3C)n(CCN/C(=N/C#N)SC)c(=O)n1CC2. The van der Waals surface area contributed by atoms with Crippen LogP contribution in [0.1, 0.15) is 22.3 Å². The Bertz CT molecular complexity index is 1560. The molecule has 9 nitrogen and oxygen atoms in total. The number of rotatable bonds is 6. The van der Waals surface area contributed by atoms with Crippen molar-refractivity contribution in [1.82, 2.24) is 14.5 Å². The largest absolute Gasteiger partial charge is 0.493 e. The summed E-state index contributed by atoms with van der Waals surface area (Å²) in [4.78, 5) is 22.7. The molecule has 4 rings (SSSR count). The van der Waals surface area contributed by atoms with Crippen molar-refractivity contribution in [3.8, 4) is 28.9 Å². The fraction of sp³-hybridized carbons (Fsp3) is 0.357. The fourth-order valence-electron chi connectivity index (χ4n) is 4.91. The van der Waals surface area contributed by atoms with E-state index in [9.17, 15) is 4.79 Å². The summed E-state index contributed by atoms with van der Waals surface area (Å²) in [5, 5.41) is 12.6. The van der Waals surface area contributed by atoms with Gasteiger partial charge in [-0.15, -0.1) is 4.99 Å². The van der Waals surface area contributed by atoms with Gasteiger partial charge in [-0.05, 0) is 62.3 Å². The van der Waals surface area contributed by atoms with Gasteiger partial charge >= 0.3 is 5.69 Å². The molecule has 2 heterocycles. The van der Waals surface area contributed by atoms with Crippen LogP contribution in [0, 0.1) is 32.2 Å². The standard InChI is InChI=1S/C28H32N6O3S/c1-17-11-18(2)26(19(3)12-17)32-25-15-22-21-14-24(37-5)23(36-4)13-20(21)7-9-33(22)28(35)34(25)10-8-30-27(38-6)31-16-29/h11-15H,7-10H2,1-6H3,(H,30,31)/b32-25+. The molecule has 1 aliphatic rings. The highest BCUT2D eigenvalue weighted by molar-refractivity contribution is 8.13. The summed E-state index contributed by atoms with van der Waals surface area (Å²) in [7, 11) is 3.23. The number of fused-ring (bicyclic) bond motifs is 3. The predicted octanol–water partition coefficient (Wildman–Crippen LogP) is 3.84. The first-order chi connectivity index (χ1) is 18.3. The zero-order valence-electron chi connectivity index (χ0n) is 22.6. The quantitative estimate of drug-likeness (QED) is 0.294. The summed E-state index contributed by atoms with van der Waals surface area (Å²) in [6.07, 6.45) is 4.34. The number of aryl methyl sites for hydroxylation is 4. The van der Waals surface area contributed by atoms with E-state index in [4.69, 9.17) is 19.7 Å². The minimum Gasteiger partial charge on any atom is -0.493 e. The minimum absolute atomic E-state index is 0.145. The van der Waals surface area contributed by atoms with Crippen molar-refractivity contribution < 1.29 is 9.47 Å². The van der Waals surface area contributed by atoms with Crippen LogP contribution in [-0.4, -0.2) is 41.3 Å². The normalized spacial score (nSPS) is 13.0. The molecule has 0 saturated carbocycles. The Balaban J connectivity index is 1.92. The molecule has 1 N–H and O–H groups in total. The summed E-state index contributed by atoms with van der Waals surface area (Å²) in [6.45, 7) is 7.43.